The van der Waals surface area contributed by atoms with Gasteiger partial charge in [-0.15, -0.1) is 11.3 Å². The summed E-state index contributed by atoms with van der Waals surface area (Å²) in [6, 6.07) is 48.5. The van der Waals surface area contributed by atoms with Crippen LogP contribution >= 0.6 is 11.3 Å². The fraction of sp³-hybridized carbons (Fsp3) is 0.0732. The Kier molecular flexibility index (Phi) is 5.99. The number of thiophene rings is 1. The second-order valence-electron chi connectivity index (χ2n) is 12.3. The molecule has 7 aromatic rings. The standard InChI is InChI=1S/C41H29N3OS/c1-41(2)30-19-12-22-36-38(30)44(33-20-9-10-21-35(33)45-36)34-25-37(46-39(34)41)28-17-11-18-29(23-28)40-42-31(26-13-5-3-6-14-26)24-32(43-40)27-15-7-4-8-16-27/h3-25H,1-2H3. The van der Waals surface area contributed by atoms with E-state index in [4.69, 9.17) is 14.7 Å². The molecule has 0 saturated carbocycles. The van der Waals surface area contributed by atoms with E-state index < -0.39 is 0 Å². The fourth-order valence-corrected chi connectivity index (χ4v) is 7.97. The minimum Gasteiger partial charge on any atom is -0.453 e. The lowest BCUT2D eigenvalue weighted by atomic mass is 9.78. The van der Waals surface area contributed by atoms with Crippen LogP contribution in [0.4, 0.5) is 17.1 Å². The van der Waals surface area contributed by atoms with Gasteiger partial charge in [0.25, 0.3) is 0 Å². The Morgan fingerprint density at radius 2 is 1.17 bits per heavy atom. The maximum absolute atomic E-state index is 6.42. The van der Waals surface area contributed by atoms with Crippen molar-refractivity contribution in [2.75, 3.05) is 4.90 Å². The molecular formula is C41H29N3OS. The van der Waals surface area contributed by atoms with Gasteiger partial charge < -0.3 is 9.64 Å². The predicted molar refractivity (Wildman–Crippen MR) is 189 cm³/mol. The summed E-state index contributed by atoms with van der Waals surface area (Å²) >= 11 is 1.86. The molecule has 0 fully saturated rings. The zero-order valence-electron chi connectivity index (χ0n) is 25.4. The Bertz CT molecular complexity index is 2220. The van der Waals surface area contributed by atoms with Gasteiger partial charge in [0.05, 0.1) is 28.5 Å². The van der Waals surface area contributed by atoms with Gasteiger partial charge in [0.15, 0.2) is 17.3 Å². The SMILES string of the molecule is CC1(C)c2cccc3c2N(c2ccccc2O3)c2cc(-c3cccc(-c4nc(-c5ccccc5)cc(-c5ccccc5)n4)c3)sc21. The molecular weight excluding hydrogens is 583 g/mol. The van der Waals surface area contributed by atoms with Crippen LogP contribution in [0.2, 0.25) is 0 Å². The van der Waals surface area contributed by atoms with Gasteiger partial charge in [0, 0.05) is 31.9 Å². The minimum absolute atomic E-state index is 0.189. The maximum atomic E-state index is 6.42. The average Bonchev–Trinajstić information content (AvgIpc) is 3.57. The number of ether oxygens (including phenoxy) is 1. The number of fused-ring (bicyclic) bond motifs is 4. The van der Waals surface area contributed by atoms with Gasteiger partial charge >= 0.3 is 0 Å². The molecule has 4 nitrogen and oxygen atoms in total. The number of para-hydroxylation sites is 3. The zero-order chi connectivity index (χ0) is 30.8. The predicted octanol–water partition coefficient (Wildman–Crippen LogP) is 11.4. The van der Waals surface area contributed by atoms with Crippen molar-refractivity contribution >= 4 is 28.4 Å². The highest BCUT2D eigenvalue weighted by Gasteiger charge is 2.43. The monoisotopic (exact) mass is 611 g/mol. The van der Waals surface area contributed by atoms with Crippen molar-refractivity contribution in [3.05, 3.63) is 150 Å². The molecule has 4 heterocycles. The fourth-order valence-electron chi connectivity index (χ4n) is 6.72. The first-order chi connectivity index (χ1) is 22.5. The summed E-state index contributed by atoms with van der Waals surface area (Å²) in [6.07, 6.45) is 0. The number of benzene rings is 5. The van der Waals surface area contributed by atoms with Crippen LogP contribution in [0.3, 0.4) is 0 Å². The van der Waals surface area contributed by atoms with E-state index in [0.29, 0.717) is 5.82 Å². The molecule has 0 N–H and O–H groups in total. The normalized spacial score (nSPS) is 13.7. The first-order valence-corrected chi connectivity index (χ1v) is 16.3. The summed E-state index contributed by atoms with van der Waals surface area (Å²) in [7, 11) is 0. The second-order valence-corrected chi connectivity index (χ2v) is 13.3. The van der Waals surface area contributed by atoms with Crippen LogP contribution in [-0.2, 0) is 5.41 Å². The molecule has 0 spiro atoms. The Labute approximate surface area is 272 Å². The van der Waals surface area contributed by atoms with Crippen LogP contribution in [-0.4, -0.2) is 9.97 Å². The number of hydrogen-bond donors (Lipinski definition) is 0. The van der Waals surface area contributed by atoms with Crippen LogP contribution in [0.15, 0.2) is 140 Å². The summed E-state index contributed by atoms with van der Waals surface area (Å²) in [6.45, 7) is 4.65. The molecule has 5 heteroatoms. The largest absolute Gasteiger partial charge is 0.453 e. The van der Waals surface area contributed by atoms with Gasteiger partial charge in [0.1, 0.15) is 0 Å². The van der Waals surface area contributed by atoms with E-state index in [1.165, 1.54) is 21.0 Å². The molecule has 0 amide bonds. The third-order valence-electron chi connectivity index (χ3n) is 9.01. The lowest BCUT2D eigenvalue weighted by Crippen LogP contribution is -2.30. The van der Waals surface area contributed by atoms with Crippen molar-refractivity contribution in [3.63, 3.8) is 0 Å². The molecule has 5 aromatic carbocycles. The van der Waals surface area contributed by atoms with Crippen molar-refractivity contribution in [2.24, 2.45) is 0 Å². The number of anilines is 3. The van der Waals surface area contributed by atoms with Crippen molar-refractivity contribution in [2.45, 2.75) is 19.3 Å². The highest BCUT2D eigenvalue weighted by molar-refractivity contribution is 7.16. The van der Waals surface area contributed by atoms with Gasteiger partial charge in [0.2, 0.25) is 0 Å². The van der Waals surface area contributed by atoms with Gasteiger partial charge in [-0.3, -0.25) is 0 Å². The van der Waals surface area contributed by atoms with E-state index in [1.807, 2.05) is 59.9 Å². The average molecular weight is 612 g/mol. The summed E-state index contributed by atoms with van der Waals surface area (Å²) < 4.78 is 6.42. The van der Waals surface area contributed by atoms with Crippen LogP contribution < -0.4 is 9.64 Å². The Morgan fingerprint density at radius 1 is 0.565 bits per heavy atom. The Hall–Kier alpha value is -5.52. The lowest BCUT2D eigenvalue weighted by molar-refractivity contribution is 0.472. The van der Waals surface area contributed by atoms with Crippen molar-refractivity contribution < 1.29 is 4.74 Å². The van der Waals surface area contributed by atoms with E-state index in [9.17, 15) is 0 Å². The third-order valence-corrected chi connectivity index (χ3v) is 10.5. The molecule has 2 aliphatic heterocycles. The highest BCUT2D eigenvalue weighted by Crippen LogP contribution is 2.62. The van der Waals surface area contributed by atoms with Crippen LogP contribution in [0.1, 0.15) is 24.3 Å². The van der Waals surface area contributed by atoms with Crippen LogP contribution in [0.25, 0.3) is 44.3 Å². The van der Waals surface area contributed by atoms with Crippen molar-refractivity contribution in [3.8, 4) is 55.8 Å². The molecule has 0 atom stereocenters. The van der Waals surface area contributed by atoms with E-state index in [0.717, 1.165) is 56.5 Å². The molecule has 0 saturated heterocycles. The first-order valence-electron chi connectivity index (χ1n) is 15.5. The maximum Gasteiger partial charge on any atom is 0.160 e. The zero-order valence-corrected chi connectivity index (χ0v) is 26.3. The smallest absolute Gasteiger partial charge is 0.160 e. The molecule has 0 bridgehead atoms. The molecule has 2 aromatic heterocycles. The molecule has 220 valence electrons. The molecule has 0 radical (unpaired) electrons. The van der Waals surface area contributed by atoms with E-state index in [1.54, 1.807) is 0 Å². The number of nitrogens with zero attached hydrogens (tertiary/aromatic N) is 3. The van der Waals surface area contributed by atoms with Crippen LogP contribution in [0.5, 0.6) is 11.5 Å². The molecule has 2 aliphatic rings. The number of hydrogen-bond acceptors (Lipinski definition) is 5. The quantitative estimate of drug-likeness (QED) is 0.198. The minimum atomic E-state index is -0.189. The molecule has 46 heavy (non-hydrogen) atoms. The summed E-state index contributed by atoms with van der Waals surface area (Å²) in [5.74, 6) is 2.48. The topological polar surface area (TPSA) is 38.2 Å². The summed E-state index contributed by atoms with van der Waals surface area (Å²) in [4.78, 5) is 15.1. The number of rotatable bonds is 4. The van der Waals surface area contributed by atoms with Gasteiger partial charge in [-0.25, -0.2) is 9.97 Å². The van der Waals surface area contributed by atoms with E-state index >= 15 is 0 Å². The third kappa shape index (κ3) is 4.20. The summed E-state index contributed by atoms with van der Waals surface area (Å²) in [5.41, 5.74) is 10.6. The second kappa shape index (κ2) is 10.3. The highest BCUT2D eigenvalue weighted by atomic mass is 32.1. The van der Waals surface area contributed by atoms with Crippen LogP contribution in [0, 0.1) is 0 Å². The molecule has 0 aliphatic carbocycles. The lowest BCUT2D eigenvalue weighted by Gasteiger charge is -2.43. The number of aromatic nitrogens is 2. The van der Waals surface area contributed by atoms with Crippen molar-refractivity contribution in [1.29, 1.82) is 0 Å². The Balaban J connectivity index is 1.19. The van der Waals surface area contributed by atoms with Gasteiger partial charge in [-0.05, 0) is 47.5 Å². The summed E-state index contributed by atoms with van der Waals surface area (Å²) in [5, 5.41) is 0. The first kappa shape index (κ1) is 26.8. The molecule has 0 unspecified atom stereocenters. The van der Waals surface area contributed by atoms with Gasteiger partial charge in [-0.1, -0.05) is 117 Å². The Morgan fingerprint density at radius 3 is 1.91 bits per heavy atom. The van der Waals surface area contributed by atoms with E-state index in [-0.39, 0.29) is 5.41 Å². The van der Waals surface area contributed by atoms with E-state index in [2.05, 4.69) is 110 Å². The molecule has 9 rings (SSSR count). The van der Waals surface area contributed by atoms with Crippen molar-refractivity contribution in [1.82, 2.24) is 9.97 Å². The van der Waals surface area contributed by atoms with Gasteiger partial charge in [-0.2, -0.15) is 0 Å².